The van der Waals surface area contributed by atoms with Gasteiger partial charge in [-0.15, -0.1) is 0 Å². The number of nitrogens with zero attached hydrogens (tertiary/aromatic N) is 1. The lowest BCUT2D eigenvalue weighted by molar-refractivity contribution is -0.137. The topological polar surface area (TPSA) is 20.3 Å². The average Bonchev–Trinajstić information content (AvgIpc) is 3.18. The monoisotopic (exact) mass is 271 g/mol. The molecule has 0 atom stereocenters. The predicted molar refractivity (Wildman–Crippen MR) is 67.4 cm³/mol. The first kappa shape index (κ1) is 13.9. The van der Waals surface area contributed by atoms with E-state index in [0.29, 0.717) is 25.3 Å². The quantitative estimate of drug-likeness (QED) is 0.760. The minimum atomic E-state index is -4.44. The molecule has 0 heterocycles. The highest BCUT2D eigenvalue weighted by Gasteiger charge is 2.36. The van der Waals surface area contributed by atoms with Crippen LogP contribution in [0.2, 0.25) is 0 Å². The van der Waals surface area contributed by atoms with E-state index in [4.69, 9.17) is 0 Å². The third kappa shape index (κ3) is 3.28. The number of hydrogen-bond donors (Lipinski definition) is 0. The highest BCUT2D eigenvalue weighted by Crippen LogP contribution is 2.39. The number of anilines is 1. The van der Waals surface area contributed by atoms with Gasteiger partial charge >= 0.3 is 6.18 Å². The van der Waals surface area contributed by atoms with Crippen molar-refractivity contribution in [2.75, 3.05) is 18.0 Å². The van der Waals surface area contributed by atoms with Crippen molar-refractivity contribution in [2.24, 2.45) is 5.92 Å². The minimum absolute atomic E-state index is 0.0542. The molecular formula is C14H16F3NO. The van der Waals surface area contributed by atoms with Crippen LogP contribution in [0.5, 0.6) is 0 Å². The molecule has 0 amide bonds. The standard InChI is InChI=1S/C14H16F3NO/c1-2-18(8-10-3-4-10)13-6-5-11(9-19)7-12(13)14(15,16)17/h5-7,9-10H,2-4,8H2,1H3. The van der Waals surface area contributed by atoms with Gasteiger partial charge in [0.25, 0.3) is 0 Å². The molecule has 0 N–H and O–H groups in total. The largest absolute Gasteiger partial charge is 0.418 e. The number of hydrogen-bond acceptors (Lipinski definition) is 2. The normalized spacial score (nSPS) is 15.4. The SMILES string of the molecule is CCN(CC1CC1)c1ccc(C=O)cc1C(F)(F)F. The average molecular weight is 271 g/mol. The molecule has 0 spiro atoms. The number of carbonyl (C=O) groups excluding carboxylic acids is 1. The van der Waals surface area contributed by atoms with E-state index in [-0.39, 0.29) is 11.3 Å². The Labute approximate surface area is 110 Å². The Morgan fingerprint density at radius 2 is 2.05 bits per heavy atom. The molecule has 1 aromatic rings. The number of aldehydes is 1. The highest BCUT2D eigenvalue weighted by atomic mass is 19.4. The molecule has 19 heavy (non-hydrogen) atoms. The van der Waals surface area contributed by atoms with Gasteiger partial charge in [-0.05, 0) is 43.9 Å². The first-order valence-corrected chi connectivity index (χ1v) is 6.37. The van der Waals surface area contributed by atoms with Gasteiger partial charge in [0.1, 0.15) is 6.29 Å². The molecule has 1 saturated carbocycles. The summed E-state index contributed by atoms with van der Waals surface area (Å²) >= 11 is 0. The van der Waals surface area contributed by atoms with Crippen LogP contribution in [0.4, 0.5) is 18.9 Å². The zero-order valence-electron chi connectivity index (χ0n) is 10.7. The maximum Gasteiger partial charge on any atom is 0.418 e. The Kier molecular flexibility index (Phi) is 3.83. The van der Waals surface area contributed by atoms with E-state index in [0.717, 1.165) is 18.9 Å². The van der Waals surface area contributed by atoms with Gasteiger partial charge in [0, 0.05) is 24.3 Å². The fourth-order valence-corrected chi connectivity index (χ4v) is 2.14. The molecular weight excluding hydrogens is 255 g/mol. The van der Waals surface area contributed by atoms with Crippen molar-refractivity contribution in [1.29, 1.82) is 0 Å². The summed E-state index contributed by atoms with van der Waals surface area (Å²) in [7, 11) is 0. The molecule has 1 fully saturated rings. The fraction of sp³-hybridized carbons (Fsp3) is 0.500. The predicted octanol–water partition coefficient (Wildman–Crippen LogP) is 3.75. The van der Waals surface area contributed by atoms with Crippen molar-refractivity contribution in [1.82, 2.24) is 0 Å². The van der Waals surface area contributed by atoms with Gasteiger partial charge in [-0.25, -0.2) is 0 Å². The summed E-state index contributed by atoms with van der Waals surface area (Å²) in [4.78, 5) is 12.4. The van der Waals surface area contributed by atoms with Crippen LogP contribution < -0.4 is 4.90 Å². The van der Waals surface area contributed by atoms with E-state index < -0.39 is 11.7 Å². The van der Waals surface area contributed by atoms with Gasteiger partial charge in [0.05, 0.1) is 5.56 Å². The van der Waals surface area contributed by atoms with Crippen molar-refractivity contribution in [3.63, 3.8) is 0 Å². The van der Waals surface area contributed by atoms with E-state index in [2.05, 4.69) is 0 Å². The zero-order valence-corrected chi connectivity index (χ0v) is 10.7. The summed E-state index contributed by atoms with van der Waals surface area (Å²) in [6.45, 7) is 3.02. The molecule has 2 nitrogen and oxygen atoms in total. The van der Waals surface area contributed by atoms with Crippen LogP contribution in [-0.4, -0.2) is 19.4 Å². The molecule has 5 heteroatoms. The zero-order chi connectivity index (χ0) is 14.0. The maximum absolute atomic E-state index is 13.1. The van der Waals surface area contributed by atoms with Crippen LogP contribution in [0.3, 0.4) is 0 Å². The van der Waals surface area contributed by atoms with E-state index in [1.165, 1.54) is 12.1 Å². The summed E-state index contributed by atoms with van der Waals surface area (Å²) in [6.07, 6.45) is -1.82. The molecule has 0 bridgehead atoms. The second-order valence-electron chi connectivity index (χ2n) is 4.87. The highest BCUT2D eigenvalue weighted by molar-refractivity contribution is 5.77. The van der Waals surface area contributed by atoms with E-state index in [9.17, 15) is 18.0 Å². The minimum Gasteiger partial charge on any atom is -0.371 e. The van der Waals surface area contributed by atoms with E-state index >= 15 is 0 Å². The Morgan fingerprint density at radius 1 is 1.37 bits per heavy atom. The summed E-state index contributed by atoms with van der Waals surface area (Å²) in [6, 6.07) is 3.77. The van der Waals surface area contributed by atoms with Gasteiger partial charge < -0.3 is 4.90 Å². The van der Waals surface area contributed by atoms with Gasteiger partial charge in [-0.2, -0.15) is 13.2 Å². The molecule has 1 aliphatic rings. The lowest BCUT2D eigenvalue weighted by Gasteiger charge is -2.26. The number of halogens is 3. The van der Waals surface area contributed by atoms with Crippen LogP contribution in [0.15, 0.2) is 18.2 Å². The lowest BCUT2D eigenvalue weighted by Crippen LogP contribution is -2.28. The molecule has 1 aromatic carbocycles. The first-order valence-electron chi connectivity index (χ1n) is 6.37. The van der Waals surface area contributed by atoms with Crippen molar-refractivity contribution >= 4 is 12.0 Å². The number of carbonyl (C=O) groups is 1. The molecule has 0 aliphatic heterocycles. The Bertz CT molecular complexity index is 466. The van der Waals surface area contributed by atoms with Crippen LogP contribution >= 0.6 is 0 Å². The Balaban J connectivity index is 2.38. The van der Waals surface area contributed by atoms with Gasteiger partial charge in [-0.1, -0.05) is 0 Å². The second kappa shape index (κ2) is 5.23. The van der Waals surface area contributed by atoms with Crippen molar-refractivity contribution in [2.45, 2.75) is 25.9 Å². The van der Waals surface area contributed by atoms with Gasteiger partial charge in [-0.3, -0.25) is 4.79 Å². The van der Waals surface area contributed by atoms with Crippen molar-refractivity contribution < 1.29 is 18.0 Å². The van der Waals surface area contributed by atoms with Crippen LogP contribution in [0.25, 0.3) is 0 Å². The summed E-state index contributed by atoms with van der Waals surface area (Å²) < 4.78 is 39.2. The van der Waals surface area contributed by atoms with Gasteiger partial charge in [0.15, 0.2) is 0 Å². The molecule has 0 saturated heterocycles. The number of rotatable bonds is 5. The smallest absolute Gasteiger partial charge is 0.371 e. The first-order chi connectivity index (χ1) is 8.95. The summed E-state index contributed by atoms with van der Waals surface area (Å²) in [5.41, 5.74) is -0.495. The second-order valence-corrected chi connectivity index (χ2v) is 4.87. The molecule has 1 aliphatic carbocycles. The van der Waals surface area contributed by atoms with Crippen molar-refractivity contribution in [3.8, 4) is 0 Å². The molecule has 0 unspecified atom stereocenters. The molecule has 104 valence electrons. The molecule has 0 aromatic heterocycles. The number of alkyl halides is 3. The lowest BCUT2D eigenvalue weighted by atomic mass is 10.1. The summed E-state index contributed by atoms with van der Waals surface area (Å²) in [5, 5.41) is 0. The Hall–Kier alpha value is -1.52. The number of benzene rings is 1. The third-order valence-electron chi connectivity index (χ3n) is 3.36. The maximum atomic E-state index is 13.1. The van der Waals surface area contributed by atoms with Crippen molar-refractivity contribution in [3.05, 3.63) is 29.3 Å². The van der Waals surface area contributed by atoms with E-state index in [1.807, 2.05) is 6.92 Å². The van der Waals surface area contributed by atoms with Crippen LogP contribution in [0.1, 0.15) is 35.7 Å². The fourth-order valence-electron chi connectivity index (χ4n) is 2.14. The van der Waals surface area contributed by atoms with Crippen LogP contribution in [0, 0.1) is 5.92 Å². The van der Waals surface area contributed by atoms with Crippen LogP contribution in [-0.2, 0) is 6.18 Å². The molecule has 2 rings (SSSR count). The third-order valence-corrected chi connectivity index (χ3v) is 3.36. The molecule has 0 radical (unpaired) electrons. The Morgan fingerprint density at radius 3 is 2.53 bits per heavy atom. The van der Waals surface area contributed by atoms with E-state index in [1.54, 1.807) is 4.90 Å². The summed E-state index contributed by atoms with van der Waals surface area (Å²) in [5.74, 6) is 0.506. The van der Waals surface area contributed by atoms with Gasteiger partial charge in [0.2, 0.25) is 0 Å².